The van der Waals surface area contributed by atoms with Gasteiger partial charge >= 0.3 is 0 Å². The maximum Gasteiger partial charge on any atom is 0.265 e. The number of thiazole rings is 1. The lowest BCUT2D eigenvalue weighted by molar-refractivity contribution is 0.00902. The highest BCUT2D eigenvalue weighted by atomic mass is 32.1. The van der Waals surface area contributed by atoms with Crippen LogP contribution in [0.4, 0.5) is 0 Å². The van der Waals surface area contributed by atoms with E-state index in [2.05, 4.69) is 4.98 Å². The van der Waals surface area contributed by atoms with Gasteiger partial charge in [0.1, 0.15) is 16.0 Å². The first-order valence-electron chi connectivity index (χ1n) is 5.20. The number of hydrogen-bond donors (Lipinski definition) is 1. The first-order valence-corrected chi connectivity index (χ1v) is 6.43. The molecule has 7 heteroatoms. The average Bonchev–Trinajstić information content (AvgIpc) is 2.75. The second-order valence-corrected chi connectivity index (χ2v) is 5.46. The predicted octanol–water partition coefficient (Wildman–Crippen LogP) is 0.579. The second-order valence-electron chi connectivity index (χ2n) is 3.76. The number of carbonyl (C=O) groups is 1. The van der Waals surface area contributed by atoms with Crippen molar-refractivity contribution >= 4 is 34.5 Å². The van der Waals surface area contributed by atoms with Gasteiger partial charge in [-0.2, -0.15) is 0 Å². The summed E-state index contributed by atoms with van der Waals surface area (Å²) >= 11 is 6.27. The Hall–Kier alpha value is -1.05. The van der Waals surface area contributed by atoms with Gasteiger partial charge in [-0.15, -0.1) is 11.3 Å². The van der Waals surface area contributed by atoms with E-state index in [1.807, 2.05) is 6.92 Å². The van der Waals surface area contributed by atoms with Crippen LogP contribution in [0.3, 0.4) is 0 Å². The largest absolute Gasteiger partial charge is 0.391 e. The molecule has 0 aromatic carbocycles. The van der Waals surface area contributed by atoms with Gasteiger partial charge in [0.2, 0.25) is 0 Å². The lowest BCUT2D eigenvalue weighted by Crippen LogP contribution is -2.49. The number of nitrogens with two attached hydrogens (primary N) is 1. The van der Waals surface area contributed by atoms with Gasteiger partial charge in [-0.3, -0.25) is 4.79 Å². The summed E-state index contributed by atoms with van der Waals surface area (Å²) < 4.78 is 5.39. The Morgan fingerprint density at radius 3 is 3.12 bits per heavy atom. The van der Waals surface area contributed by atoms with E-state index < -0.39 is 0 Å². The number of aryl methyl sites for hydroxylation is 1. The van der Waals surface area contributed by atoms with E-state index in [0.29, 0.717) is 29.6 Å². The molecule has 5 nitrogen and oxygen atoms in total. The zero-order valence-electron chi connectivity index (χ0n) is 9.38. The van der Waals surface area contributed by atoms with Crippen LogP contribution in [-0.2, 0) is 4.74 Å². The van der Waals surface area contributed by atoms with Crippen molar-refractivity contribution in [2.45, 2.75) is 13.0 Å². The summed E-state index contributed by atoms with van der Waals surface area (Å²) in [5.74, 6) is -0.0276. The van der Waals surface area contributed by atoms with Crippen molar-refractivity contribution < 1.29 is 9.53 Å². The number of thiocarbonyl (C=S) groups is 1. The molecule has 0 bridgehead atoms. The second kappa shape index (κ2) is 5.07. The van der Waals surface area contributed by atoms with Crippen LogP contribution in [0.1, 0.15) is 14.7 Å². The molecule has 2 rings (SSSR count). The molecule has 2 N–H and O–H groups in total. The Bertz CT molecular complexity index is 447. The number of morpholine rings is 1. The van der Waals surface area contributed by atoms with Crippen LogP contribution in [-0.4, -0.2) is 46.6 Å². The highest BCUT2D eigenvalue weighted by molar-refractivity contribution is 7.80. The van der Waals surface area contributed by atoms with E-state index in [4.69, 9.17) is 22.7 Å². The Morgan fingerprint density at radius 1 is 1.76 bits per heavy atom. The minimum absolute atomic E-state index is 0.0276. The van der Waals surface area contributed by atoms with E-state index in [1.165, 1.54) is 11.3 Å². The molecule has 1 fully saturated rings. The van der Waals surface area contributed by atoms with Crippen molar-refractivity contribution in [3.63, 3.8) is 0 Å². The number of rotatable bonds is 2. The molecule has 1 aromatic rings. The van der Waals surface area contributed by atoms with E-state index in [-0.39, 0.29) is 12.0 Å². The van der Waals surface area contributed by atoms with Gasteiger partial charge in [-0.25, -0.2) is 4.98 Å². The van der Waals surface area contributed by atoms with Gasteiger partial charge < -0.3 is 15.4 Å². The molecular weight excluding hydrogens is 258 g/mol. The van der Waals surface area contributed by atoms with Gasteiger partial charge in [0.05, 0.1) is 24.4 Å². The predicted molar refractivity (Wildman–Crippen MR) is 69.3 cm³/mol. The Labute approximate surface area is 109 Å². The molecule has 2 heterocycles. The van der Waals surface area contributed by atoms with Crippen molar-refractivity contribution in [2.24, 2.45) is 5.73 Å². The lowest BCUT2D eigenvalue weighted by Gasteiger charge is -2.31. The molecule has 1 aliphatic heterocycles. The third-order valence-corrected chi connectivity index (χ3v) is 3.67. The van der Waals surface area contributed by atoms with Crippen molar-refractivity contribution in [1.82, 2.24) is 9.88 Å². The summed E-state index contributed by atoms with van der Waals surface area (Å²) in [6.45, 7) is 3.32. The summed E-state index contributed by atoms with van der Waals surface area (Å²) in [7, 11) is 0. The van der Waals surface area contributed by atoms with Gasteiger partial charge in [-0.1, -0.05) is 12.2 Å². The van der Waals surface area contributed by atoms with E-state index in [1.54, 1.807) is 11.1 Å². The highest BCUT2D eigenvalue weighted by Gasteiger charge is 2.27. The molecule has 0 radical (unpaired) electrons. The van der Waals surface area contributed by atoms with Crippen LogP contribution in [0, 0.1) is 6.92 Å². The molecule has 1 atom stereocenters. The number of hydrogen-bond acceptors (Lipinski definition) is 5. The first-order chi connectivity index (χ1) is 8.08. The summed E-state index contributed by atoms with van der Waals surface area (Å²) in [4.78, 5) is 18.9. The third-order valence-electron chi connectivity index (χ3n) is 2.50. The third kappa shape index (κ3) is 2.80. The summed E-state index contributed by atoms with van der Waals surface area (Å²) in [6, 6.07) is 0. The zero-order valence-corrected chi connectivity index (χ0v) is 11.0. The molecule has 1 aliphatic rings. The topological polar surface area (TPSA) is 68.5 Å². The Balaban J connectivity index is 2.07. The van der Waals surface area contributed by atoms with Crippen LogP contribution in [0.15, 0.2) is 6.20 Å². The maximum absolute atomic E-state index is 12.1. The quantitative estimate of drug-likeness (QED) is 0.797. The molecular formula is C10H13N3O2S2. The van der Waals surface area contributed by atoms with Gasteiger partial charge in [0.15, 0.2) is 0 Å². The van der Waals surface area contributed by atoms with E-state index in [9.17, 15) is 4.79 Å². The zero-order chi connectivity index (χ0) is 12.4. The first kappa shape index (κ1) is 12.4. The summed E-state index contributed by atoms with van der Waals surface area (Å²) in [5.41, 5.74) is 5.53. The van der Waals surface area contributed by atoms with Crippen LogP contribution in [0.2, 0.25) is 0 Å². The summed E-state index contributed by atoms with van der Waals surface area (Å²) in [6.07, 6.45) is 1.27. The maximum atomic E-state index is 12.1. The van der Waals surface area contributed by atoms with Gasteiger partial charge in [0.25, 0.3) is 5.91 Å². The molecule has 92 valence electrons. The minimum atomic E-state index is -0.336. The van der Waals surface area contributed by atoms with E-state index in [0.717, 1.165) is 5.01 Å². The monoisotopic (exact) mass is 271 g/mol. The Morgan fingerprint density at radius 2 is 2.53 bits per heavy atom. The van der Waals surface area contributed by atoms with Crippen molar-refractivity contribution in [3.8, 4) is 0 Å². The number of nitrogens with zero attached hydrogens (tertiary/aromatic N) is 2. The Kier molecular flexibility index (Phi) is 3.70. The van der Waals surface area contributed by atoms with Crippen molar-refractivity contribution in [1.29, 1.82) is 0 Å². The van der Waals surface area contributed by atoms with Crippen LogP contribution in [0.25, 0.3) is 0 Å². The lowest BCUT2D eigenvalue weighted by atomic mass is 10.2. The van der Waals surface area contributed by atoms with Crippen LogP contribution >= 0.6 is 23.6 Å². The number of carbonyl (C=O) groups excluding carboxylic acids is 1. The van der Waals surface area contributed by atoms with Gasteiger partial charge in [0, 0.05) is 6.54 Å². The fourth-order valence-electron chi connectivity index (χ4n) is 1.62. The number of aromatic nitrogens is 1. The number of ether oxygens (including phenoxy) is 1. The average molecular weight is 271 g/mol. The molecule has 1 saturated heterocycles. The molecule has 1 unspecified atom stereocenters. The SMILES string of the molecule is Cc1ncc(C(=O)N2CCOC(C(N)=S)C2)s1. The standard InChI is InChI=1S/C10H13N3O2S2/c1-6-12-4-8(17-6)10(14)13-2-3-15-7(5-13)9(11)16/h4,7H,2-3,5H2,1H3,(H2,11,16). The fraction of sp³-hybridized carbons (Fsp3) is 0.500. The minimum Gasteiger partial charge on any atom is -0.391 e. The molecule has 17 heavy (non-hydrogen) atoms. The van der Waals surface area contributed by atoms with Crippen LogP contribution in [0.5, 0.6) is 0 Å². The smallest absolute Gasteiger partial charge is 0.265 e. The summed E-state index contributed by atoms with van der Waals surface area (Å²) in [5, 5.41) is 0.882. The molecule has 0 spiro atoms. The molecule has 0 saturated carbocycles. The van der Waals surface area contributed by atoms with E-state index >= 15 is 0 Å². The van der Waals surface area contributed by atoms with Gasteiger partial charge in [-0.05, 0) is 6.92 Å². The molecule has 0 aliphatic carbocycles. The normalized spacial score (nSPS) is 20.3. The van der Waals surface area contributed by atoms with Crippen molar-refractivity contribution in [3.05, 3.63) is 16.1 Å². The fourth-order valence-corrected chi connectivity index (χ4v) is 2.51. The highest BCUT2D eigenvalue weighted by Crippen LogP contribution is 2.16. The van der Waals surface area contributed by atoms with Crippen molar-refractivity contribution in [2.75, 3.05) is 19.7 Å². The van der Waals surface area contributed by atoms with Crippen LogP contribution < -0.4 is 5.73 Å². The number of amides is 1. The molecule has 1 amide bonds. The molecule has 1 aromatic heterocycles.